The summed E-state index contributed by atoms with van der Waals surface area (Å²) in [6, 6.07) is 5.79. The first-order valence-electron chi connectivity index (χ1n) is 8.92. The zero-order chi connectivity index (χ0) is 17.8. The molecule has 0 bridgehead atoms. The van der Waals surface area contributed by atoms with Crippen LogP contribution in [0.25, 0.3) is 0 Å². The predicted octanol–water partition coefficient (Wildman–Crippen LogP) is 2.44. The Morgan fingerprint density at radius 3 is 2.56 bits per heavy atom. The number of carbonyl (C=O) groups is 1. The van der Waals surface area contributed by atoms with Gasteiger partial charge in [-0.25, -0.2) is 5.01 Å². The van der Waals surface area contributed by atoms with Gasteiger partial charge in [-0.3, -0.25) is 4.79 Å². The van der Waals surface area contributed by atoms with Gasteiger partial charge < -0.3 is 14.6 Å². The third kappa shape index (κ3) is 3.49. The Morgan fingerprint density at radius 1 is 1.16 bits per heavy atom. The van der Waals surface area contributed by atoms with E-state index in [1.807, 2.05) is 18.2 Å². The van der Waals surface area contributed by atoms with Crippen LogP contribution < -0.4 is 9.47 Å². The summed E-state index contributed by atoms with van der Waals surface area (Å²) in [6.45, 7) is 0.508. The molecule has 0 aromatic heterocycles. The molecule has 1 amide bonds. The summed E-state index contributed by atoms with van der Waals surface area (Å²) in [6.07, 6.45) is 4.63. The van der Waals surface area contributed by atoms with E-state index in [-0.39, 0.29) is 24.3 Å². The number of benzene rings is 1. The maximum Gasteiger partial charge on any atom is 0.246 e. The minimum atomic E-state index is -0.00644. The molecule has 1 aromatic carbocycles. The van der Waals surface area contributed by atoms with E-state index in [0.717, 1.165) is 37.0 Å². The fourth-order valence-electron chi connectivity index (χ4n) is 3.85. The number of fused-ring (bicyclic) bond motifs is 1. The number of amides is 1. The summed E-state index contributed by atoms with van der Waals surface area (Å²) in [4.78, 5) is 12.8. The Bertz CT molecular complexity index is 659. The number of methoxy groups -OCH3 is 2. The van der Waals surface area contributed by atoms with Crippen molar-refractivity contribution in [1.29, 1.82) is 0 Å². The number of aliphatic hydroxyl groups excluding tert-OH is 1. The average molecular weight is 346 g/mol. The second-order valence-electron chi connectivity index (χ2n) is 6.59. The van der Waals surface area contributed by atoms with Gasteiger partial charge in [-0.2, -0.15) is 5.10 Å². The van der Waals surface area contributed by atoms with Crippen molar-refractivity contribution in [3.05, 3.63) is 23.8 Å². The number of aliphatic hydroxyl groups is 1. The minimum Gasteiger partial charge on any atom is -0.493 e. The molecule has 1 aliphatic heterocycles. The standard InChI is InChI=1S/C19H26N2O4/c1-24-16-9-8-13(12-17(16)25-2)18-14-6-3-4-7-15(14)19(23)21(20-18)10-5-11-22/h8-9,12,14-15,22H,3-7,10-11H2,1-2H3/t14-,15+/m0/s1. The van der Waals surface area contributed by atoms with Crippen LogP contribution in [0.1, 0.15) is 37.7 Å². The molecular weight excluding hydrogens is 320 g/mol. The molecule has 6 heteroatoms. The molecule has 25 heavy (non-hydrogen) atoms. The summed E-state index contributed by atoms with van der Waals surface area (Å²) in [5, 5.41) is 15.3. The van der Waals surface area contributed by atoms with Crippen molar-refractivity contribution >= 4 is 11.6 Å². The van der Waals surface area contributed by atoms with Crippen molar-refractivity contribution in [2.45, 2.75) is 32.1 Å². The highest BCUT2D eigenvalue weighted by molar-refractivity contribution is 6.07. The largest absolute Gasteiger partial charge is 0.493 e. The third-order valence-corrected chi connectivity index (χ3v) is 5.12. The van der Waals surface area contributed by atoms with Gasteiger partial charge in [0.1, 0.15) is 0 Å². The van der Waals surface area contributed by atoms with E-state index >= 15 is 0 Å². The van der Waals surface area contributed by atoms with E-state index in [2.05, 4.69) is 5.10 Å². The lowest BCUT2D eigenvalue weighted by Gasteiger charge is -2.38. The van der Waals surface area contributed by atoms with Crippen LogP contribution in [0.2, 0.25) is 0 Å². The summed E-state index contributed by atoms with van der Waals surface area (Å²) in [5.74, 6) is 1.59. The number of rotatable bonds is 6. The van der Waals surface area contributed by atoms with Gasteiger partial charge >= 0.3 is 0 Å². The molecule has 0 unspecified atom stereocenters. The van der Waals surface area contributed by atoms with Gasteiger partial charge in [-0.1, -0.05) is 12.8 Å². The molecular formula is C19H26N2O4. The Morgan fingerprint density at radius 2 is 1.88 bits per heavy atom. The van der Waals surface area contributed by atoms with Crippen LogP contribution in [0, 0.1) is 11.8 Å². The third-order valence-electron chi connectivity index (χ3n) is 5.12. The number of hydrogen-bond donors (Lipinski definition) is 1. The molecule has 0 radical (unpaired) electrons. The Kier molecular flexibility index (Phi) is 5.58. The van der Waals surface area contributed by atoms with Gasteiger partial charge in [-0.05, 0) is 37.5 Å². The van der Waals surface area contributed by atoms with Crippen LogP contribution in [0.3, 0.4) is 0 Å². The molecule has 136 valence electrons. The topological polar surface area (TPSA) is 71.4 Å². The summed E-state index contributed by atoms with van der Waals surface area (Å²) < 4.78 is 10.7. The average Bonchev–Trinajstić information content (AvgIpc) is 2.67. The van der Waals surface area contributed by atoms with E-state index in [4.69, 9.17) is 14.6 Å². The Balaban J connectivity index is 1.99. The van der Waals surface area contributed by atoms with Crippen molar-refractivity contribution in [2.75, 3.05) is 27.4 Å². The van der Waals surface area contributed by atoms with Crippen LogP contribution in [-0.2, 0) is 4.79 Å². The van der Waals surface area contributed by atoms with Crippen molar-refractivity contribution < 1.29 is 19.4 Å². The van der Waals surface area contributed by atoms with Gasteiger partial charge in [-0.15, -0.1) is 0 Å². The fraction of sp³-hybridized carbons (Fsp3) is 0.579. The second-order valence-corrected chi connectivity index (χ2v) is 6.59. The van der Waals surface area contributed by atoms with Crippen molar-refractivity contribution in [2.24, 2.45) is 16.9 Å². The van der Waals surface area contributed by atoms with Crippen LogP contribution in [-0.4, -0.2) is 49.1 Å². The molecule has 1 saturated carbocycles. The smallest absolute Gasteiger partial charge is 0.246 e. The van der Waals surface area contributed by atoms with Crippen LogP contribution in [0.15, 0.2) is 23.3 Å². The number of nitrogens with zero attached hydrogens (tertiary/aromatic N) is 2. The molecule has 1 aromatic rings. The first kappa shape index (κ1) is 17.7. The molecule has 1 N–H and O–H groups in total. The van der Waals surface area contributed by atoms with E-state index in [1.54, 1.807) is 19.2 Å². The summed E-state index contributed by atoms with van der Waals surface area (Å²) in [5.41, 5.74) is 1.92. The zero-order valence-electron chi connectivity index (χ0n) is 14.9. The first-order valence-corrected chi connectivity index (χ1v) is 8.92. The van der Waals surface area contributed by atoms with Crippen LogP contribution >= 0.6 is 0 Å². The lowest BCUT2D eigenvalue weighted by atomic mass is 9.73. The predicted molar refractivity (Wildman–Crippen MR) is 94.9 cm³/mol. The summed E-state index contributed by atoms with van der Waals surface area (Å²) >= 11 is 0. The molecule has 3 rings (SSSR count). The van der Waals surface area contributed by atoms with Gasteiger partial charge in [0, 0.05) is 30.6 Å². The lowest BCUT2D eigenvalue weighted by molar-refractivity contribution is -0.139. The zero-order valence-corrected chi connectivity index (χ0v) is 14.9. The van der Waals surface area contributed by atoms with Gasteiger partial charge in [0.05, 0.1) is 19.9 Å². The normalized spacial score (nSPS) is 23.1. The number of ether oxygens (including phenoxy) is 2. The molecule has 1 heterocycles. The highest BCUT2D eigenvalue weighted by Crippen LogP contribution is 2.39. The van der Waals surface area contributed by atoms with Gasteiger partial charge in [0.2, 0.25) is 5.91 Å². The maximum atomic E-state index is 12.8. The van der Waals surface area contributed by atoms with E-state index in [9.17, 15) is 4.79 Å². The molecule has 6 nitrogen and oxygen atoms in total. The first-order chi connectivity index (χ1) is 12.2. The lowest BCUT2D eigenvalue weighted by Crippen LogP contribution is -2.46. The van der Waals surface area contributed by atoms with Crippen LogP contribution in [0.4, 0.5) is 0 Å². The SMILES string of the molecule is COc1ccc(C2=NN(CCCO)C(=O)[C@@H]3CCCC[C@H]23)cc1OC. The number of carbonyl (C=O) groups excluding carboxylic acids is 1. The van der Waals surface area contributed by atoms with Crippen LogP contribution in [0.5, 0.6) is 11.5 Å². The molecule has 0 saturated heterocycles. The minimum absolute atomic E-state index is 0.00644. The molecule has 0 spiro atoms. The molecule has 1 fully saturated rings. The van der Waals surface area contributed by atoms with E-state index in [0.29, 0.717) is 24.5 Å². The molecule has 2 atom stereocenters. The highest BCUT2D eigenvalue weighted by Gasteiger charge is 2.41. The van der Waals surface area contributed by atoms with Gasteiger partial charge in [0.25, 0.3) is 0 Å². The fourth-order valence-corrected chi connectivity index (χ4v) is 3.85. The summed E-state index contributed by atoms with van der Waals surface area (Å²) in [7, 11) is 3.23. The van der Waals surface area contributed by atoms with Crippen molar-refractivity contribution in [3.63, 3.8) is 0 Å². The van der Waals surface area contributed by atoms with E-state index in [1.165, 1.54) is 0 Å². The van der Waals surface area contributed by atoms with Crippen molar-refractivity contribution in [1.82, 2.24) is 5.01 Å². The maximum absolute atomic E-state index is 12.8. The second kappa shape index (κ2) is 7.87. The Labute approximate surface area is 148 Å². The monoisotopic (exact) mass is 346 g/mol. The molecule has 2 aliphatic rings. The number of hydrazone groups is 1. The van der Waals surface area contributed by atoms with E-state index < -0.39 is 0 Å². The quantitative estimate of drug-likeness (QED) is 0.859. The highest BCUT2D eigenvalue weighted by atomic mass is 16.5. The Hall–Kier alpha value is -2.08. The van der Waals surface area contributed by atoms with Crippen molar-refractivity contribution in [3.8, 4) is 11.5 Å². The van der Waals surface area contributed by atoms with Gasteiger partial charge in [0.15, 0.2) is 11.5 Å². The molecule has 1 aliphatic carbocycles. The number of hydrogen-bond acceptors (Lipinski definition) is 5.